The van der Waals surface area contributed by atoms with Crippen LogP contribution in [-0.2, 0) is 15.2 Å². The summed E-state index contributed by atoms with van der Waals surface area (Å²) in [5.41, 5.74) is 6.42. The van der Waals surface area contributed by atoms with E-state index in [2.05, 4.69) is 25.7 Å². The fourth-order valence-corrected chi connectivity index (χ4v) is 5.54. The number of aromatic nitrogens is 2. The van der Waals surface area contributed by atoms with Crippen molar-refractivity contribution < 1.29 is 23.5 Å². The SMILES string of the molecule is COC(=O)c1cc(F)c(OC)cc1NC(=O)C1CCC(C2CCCCCCCC2)(n2ccnc2)NN1. The van der Waals surface area contributed by atoms with Gasteiger partial charge in [0.15, 0.2) is 11.6 Å². The van der Waals surface area contributed by atoms with Gasteiger partial charge in [-0.3, -0.25) is 4.79 Å². The van der Waals surface area contributed by atoms with Crippen LogP contribution in [0.5, 0.6) is 5.75 Å². The zero-order valence-corrected chi connectivity index (χ0v) is 21.0. The first-order chi connectivity index (χ1) is 17.5. The fourth-order valence-electron chi connectivity index (χ4n) is 5.54. The Morgan fingerprint density at radius 2 is 1.83 bits per heavy atom. The normalized spacial score (nSPS) is 23.7. The Bertz CT molecular complexity index is 1030. The van der Waals surface area contributed by atoms with Crippen LogP contribution in [0.4, 0.5) is 10.1 Å². The van der Waals surface area contributed by atoms with Gasteiger partial charge in [-0.05, 0) is 37.7 Å². The molecule has 0 radical (unpaired) electrons. The molecular formula is C26H36FN5O4. The van der Waals surface area contributed by atoms with E-state index in [1.807, 2.05) is 12.5 Å². The van der Waals surface area contributed by atoms with Crippen LogP contribution in [0.15, 0.2) is 30.9 Å². The van der Waals surface area contributed by atoms with Crippen LogP contribution in [0.25, 0.3) is 0 Å². The number of imidazole rings is 1. The Kier molecular flexibility index (Phi) is 8.58. The van der Waals surface area contributed by atoms with E-state index >= 15 is 0 Å². The van der Waals surface area contributed by atoms with E-state index in [0.29, 0.717) is 12.3 Å². The zero-order chi connectivity index (χ0) is 25.5. The third-order valence-electron chi connectivity index (χ3n) is 7.54. The summed E-state index contributed by atoms with van der Waals surface area (Å²) in [6.45, 7) is 0. The number of nitrogens with zero attached hydrogens (tertiary/aromatic N) is 2. The van der Waals surface area contributed by atoms with Crippen molar-refractivity contribution in [2.75, 3.05) is 19.5 Å². The molecule has 4 rings (SSSR count). The molecule has 9 nitrogen and oxygen atoms in total. The minimum Gasteiger partial charge on any atom is -0.494 e. The molecular weight excluding hydrogens is 465 g/mol. The highest BCUT2D eigenvalue weighted by Crippen LogP contribution is 2.39. The maximum atomic E-state index is 14.2. The van der Waals surface area contributed by atoms with E-state index < -0.39 is 17.8 Å². The number of hydrazine groups is 1. The standard InChI is InChI=1S/C26H36FN5O4/c1-35-23-16-22(19(15-20(23)27)25(34)36-2)29-24(33)21-11-12-26(31-30-21,32-14-13-28-17-32)18-9-7-5-3-4-6-8-10-18/h13-18,21,30-31H,3-12H2,1-2H3,(H,29,33). The van der Waals surface area contributed by atoms with Crippen molar-refractivity contribution >= 4 is 17.6 Å². The van der Waals surface area contributed by atoms with Crippen molar-refractivity contribution in [1.82, 2.24) is 20.4 Å². The molecule has 2 heterocycles. The van der Waals surface area contributed by atoms with Gasteiger partial charge in [0.2, 0.25) is 5.91 Å². The number of esters is 1. The predicted octanol–water partition coefficient (Wildman–Crippen LogP) is 4.12. The van der Waals surface area contributed by atoms with E-state index in [1.54, 1.807) is 6.20 Å². The van der Waals surface area contributed by atoms with Crippen LogP contribution in [0, 0.1) is 11.7 Å². The lowest BCUT2D eigenvalue weighted by molar-refractivity contribution is -0.120. The predicted molar refractivity (Wildman–Crippen MR) is 133 cm³/mol. The van der Waals surface area contributed by atoms with Crippen LogP contribution < -0.4 is 20.9 Å². The van der Waals surface area contributed by atoms with Crippen LogP contribution in [0.2, 0.25) is 0 Å². The van der Waals surface area contributed by atoms with E-state index in [9.17, 15) is 14.0 Å². The van der Waals surface area contributed by atoms with Crippen LogP contribution in [-0.4, -0.2) is 41.7 Å². The molecule has 1 saturated heterocycles. The smallest absolute Gasteiger partial charge is 0.340 e. The number of methoxy groups -OCH3 is 2. The first kappa shape index (κ1) is 26.1. The van der Waals surface area contributed by atoms with Crippen LogP contribution in [0.3, 0.4) is 0 Å². The van der Waals surface area contributed by atoms with Crippen molar-refractivity contribution in [2.24, 2.45) is 5.92 Å². The van der Waals surface area contributed by atoms with Gasteiger partial charge in [0, 0.05) is 18.5 Å². The third kappa shape index (κ3) is 5.54. The van der Waals surface area contributed by atoms with Crippen molar-refractivity contribution in [2.45, 2.75) is 75.9 Å². The van der Waals surface area contributed by atoms with Gasteiger partial charge in [0.25, 0.3) is 0 Å². The molecule has 36 heavy (non-hydrogen) atoms. The Morgan fingerprint density at radius 1 is 1.11 bits per heavy atom. The molecule has 2 unspecified atom stereocenters. The number of carbonyl (C=O) groups excluding carboxylic acids is 2. The molecule has 1 aromatic carbocycles. The van der Waals surface area contributed by atoms with E-state index in [4.69, 9.17) is 9.47 Å². The summed E-state index contributed by atoms with van der Waals surface area (Å²) in [5, 5.41) is 2.76. The number of rotatable bonds is 6. The second-order valence-electron chi connectivity index (χ2n) is 9.66. The number of halogens is 1. The molecule has 2 fully saturated rings. The maximum absolute atomic E-state index is 14.2. The van der Waals surface area contributed by atoms with Crippen molar-refractivity contribution in [1.29, 1.82) is 0 Å². The summed E-state index contributed by atoms with van der Waals surface area (Å²) in [6.07, 6.45) is 16.6. The lowest BCUT2D eigenvalue weighted by atomic mass is 9.79. The summed E-state index contributed by atoms with van der Waals surface area (Å²) in [4.78, 5) is 29.7. The molecule has 196 valence electrons. The molecule has 2 aromatic rings. The minimum atomic E-state index is -0.749. The molecule has 1 saturated carbocycles. The number of anilines is 1. The quantitative estimate of drug-likeness (QED) is 0.511. The molecule has 0 spiro atoms. The van der Waals surface area contributed by atoms with Crippen LogP contribution >= 0.6 is 0 Å². The van der Waals surface area contributed by atoms with Gasteiger partial charge in [-0.1, -0.05) is 38.5 Å². The van der Waals surface area contributed by atoms with Gasteiger partial charge in [0.05, 0.1) is 31.8 Å². The summed E-state index contributed by atoms with van der Waals surface area (Å²) in [6, 6.07) is 1.75. The van der Waals surface area contributed by atoms with Crippen molar-refractivity contribution in [3.05, 3.63) is 42.2 Å². The largest absolute Gasteiger partial charge is 0.494 e. The van der Waals surface area contributed by atoms with Gasteiger partial charge in [-0.15, -0.1) is 0 Å². The van der Waals surface area contributed by atoms with E-state index in [0.717, 1.165) is 25.3 Å². The lowest BCUT2D eigenvalue weighted by Gasteiger charge is -2.47. The van der Waals surface area contributed by atoms with Crippen molar-refractivity contribution in [3.63, 3.8) is 0 Å². The Morgan fingerprint density at radius 3 is 2.42 bits per heavy atom. The number of amides is 1. The lowest BCUT2D eigenvalue weighted by Crippen LogP contribution is -2.65. The maximum Gasteiger partial charge on any atom is 0.340 e. The molecule has 2 aliphatic rings. The van der Waals surface area contributed by atoms with Gasteiger partial charge in [-0.25, -0.2) is 25.0 Å². The van der Waals surface area contributed by atoms with Gasteiger partial charge in [-0.2, -0.15) is 0 Å². The molecule has 3 N–H and O–H groups in total. The second-order valence-corrected chi connectivity index (χ2v) is 9.66. The highest BCUT2D eigenvalue weighted by Gasteiger charge is 2.44. The number of benzene rings is 1. The van der Waals surface area contributed by atoms with Gasteiger partial charge < -0.3 is 19.4 Å². The van der Waals surface area contributed by atoms with E-state index in [-0.39, 0.29) is 28.6 Å². The Balaban J connectivity index is 1.51. The second kappa shape index (κ2) is 11.8. The Hall–Kier alpha value is -2.98. The summed E-state index contributed by atoms with van der Waals surface area (Å²) < 4.78 is 26.1. The Labute approximate surface area is 211 Å². The molecule has 1 aliphatic heterocycles. The average molecular weight is 502 g/mol. The minimum absolute atomic E-state index is 0.0768. The first-order valence-corrected chi connectivity index (χ1v) is 12.8. The number of hydrogen-bond acceptors (Lipinski definition) is 7. The molecule has 2 atom stereocenters. The number of nitrogens with one attached hydrogen (secondary N) is 3. The first-order valence-electron chi connectivity index (χ1n) is 12.8. The number of ether oxygens (including phenoxy) is 2. The monoisotopic (exact) mass is 501 g/mol. The van der Waals surface area contributed by atoms with Gasteiger partial charge >= 0.3 is 5.97 Å². The average Bonchev–Trinajstić information content (AvgIpc) is 3.48. The highest BCUT2D eigenvalue weighted by atomic mass is 19.1. The zero-order valence-electron chi connectivity index (χ0n) is 21.0. The number of hydrogen-bond donors (Lipinski definition) is 3. The summed E-state index contributed by atoms with van der Waals surface area (Å²) in [7, 11) is 2.53. The summed E-state index contributed by atoms with van der Waals surface area (Å²) in [5.74, 6) is -1.48. The van der Waals surface area contributed by atoms with Gasteiger partial charge in [0.1, 0.15) is 11.7 Å². The topological polar surface area (TPSA) is 107 Å². The summed E-state index contributed by atoms with van der Waals surface area (Å²) >= 11 is 0. The van der Waals surface area contributed by atoms with Crippen molar-refractivity contribution in [3.8, 4) is 5.75 Å². The van der Waals surface area contributed by atoms with Crippen LogP contribution in [0.1, 0.15) is 74.6 Å². The highest BCUT2D eigenvalue weighted by molar-refractivity contribution is 6.03. The molecule has 1 aromatic heterocycles. The molecule has 0 bridgehead atoms. The fraction of sp³-hybridized carbons (Fsp3) is 0.577. The van der Waals surface area contributed by atoms with E-state index in [1.165, 1.54) is 58.8 Å². The third-order valence-corrected chi connectivity index (χ3v) is 7.54. The number of carbonyl (C=O) groups is 2. The molecule has 1 aliphatic carbocycles. The molecule has 10 heteroatoms. The molecule has 1 amide bonds.